The molecule has 1 aromatic heterocycles. The smallest absolute Gasteiger partial charge is 0.173 e. The van der Waals surface area contributed by atoms with E-state index in [-0.39, 0.29) is 11.6 Å². The van der Waals surface area contributed by atoms with Crippen LogP contribution in [0.3, 0.4) is 0 Å². The van der Waals surface area contributed by atoms with E-state index in [4.69, 9.17) is 4.74 Å². The van der Waals surface area contributed by atoms with Crippen molar-refractivity contribution in [2.24, 2.45) is 0 Å². The number of thiophene rings is 1. The molecular formula is C13H14FNOS. The first-order chi connectivity index (χ1) is 8.26. The van der Waals surface area contributed by atoms with Crippen LogP contribution in [0.5, 0.6) is 5.75 Å². The molecule has 0 aliphatic carbocycles. The van der Waals surface area contributed by atoms with E-state index in [2.05, 4.69) is 5.32 Å². The van der Waals surface area contributed by atoms with Crippen LogP contribution in [0.2, 0.25) is 0 Å². The van der Waals surface area contributed by atoms with Gasteiger partial charge in [-0.05, 0) is 30.1 Å². The van der Waals surface area contributed by atoms with Crippen molar-refractivity contribution in [3.63, 3.8) is 0 Å². The van der Waals surface area contributed by atoms with Crippen molar-refractivity contribution in [1.29, 1.82) is 0 Å². The third kappa shape index (κ3) is 2.48. The van der Waals surface area contributed by atoms with Crippen molar-refractivity contribution in [3.05, 3.63) is 41.0 Å². The first-order valence-electron chi connectivity index (χ1n) is 5.31. The van der Waals surface area contributed by atoms with Crippen LogP contribution in [0.4, 0.5) is 4.39 Å². The van der Waals surface area contributed by atoms with Gasteiger partial charge < -0.3 is 10.1 Å². The highest BCUT2D eigenvalue weighted by Gasteiger charge is 2.11. The molecule has 0 aliphatic rings. The van der Waals surface area contributed by atoms with Gasteiger partial charge in [-0.1, -0.05) is 12.1 Å². The van der Waals surface area contributed by atoms with Crippen molar-refractivity contribution in [1.82, 2.24) is 5.32 Å². The van der Waals surface area contributed by atoms with Crippen molar-refractivity contribution in [2.75, 3.05) is 14.2 Å². The van der Waals surface area contributed by atoms with E-state index in [0.717, 1.165) is 17.0 Å². The molecular weight excluding hydrogens is 237 g/mol. The minimum absolute atomic E-state index is 0.283. The topological polar surface area (TPSA) is 21.3 Å². The van der Waals surface area contributed by atoms with Crippen LogP contribution in [-0.4, -0.2) is 14.2 Å². The van der Waals surface area contributed by atoms with Gasteiger partial charge in [0, 0.05) is 17.0 Å². The van der Waals surface area contributed by atoms with E-state index < -0.39 is 0 Å². The summed E-state index contributed by atoms with van der Waals surface area (Å²) in [6, 6.07) is 7.20. The lowest BCUT2D eigenvalue weighted by atomic mass is 10.1. The molecule has 0 saturated heterocycles. The molecule has 0 amide bonds. The van der Waals surface area contributed by atoms with E-state index in [0.29, 0.717) is 5.56 Å². The van der Waals surface area contributed by atoms with Gasteiger partial charge in [-0.3, -0.25) is 0 Å². The van der Waals surface area contributed by atoms with Gasteiger partial charge >= 0.3 is 0 Å². The monoisotopic (exact) mass is 251 g/mol. The molecule has 90 valence electrons. The Morgan fingerprint density at radius 2 is 2.24 bits per heavy atom. The third-order valence-electron chi connectivity index (χ3n) is 2.48. The van der Waals surface area contributed by atoms with Crippen LogP contribution in [0.15, 0.2) is 29.6 Å². The highest BCUT2D eigenvalue weighted by atomic mass is 32.1. The summed E-state index contributed by atoms with van der Waals surface area (Å²) in [4.78, 5) is 0.923. The summed E-state index contributed by atoms with van der Waals surface area (Å²) >= 11 is 1.54. The molecule has 0 bridgehead atoms. The third-order valence-corrected chi connectivity index (χ3v) is 3.50. The van der Waals surface area contributed by atoms with Crippen molar-refractivity contribution in [3.8, 4) is 16.2 Å². The second kappa shape index (κ2) is 5.29. The maximum atomic E-state index is 14.0. The van der Waals surface area contributed by atoms with Crippen LogP contribution in [0.1, 0.15) is 5.56 Å². The van der Waals surface area contributed by atoms with Gasteiger partial charge in [-0.15, -0.1) is 11.3 Å². The molecule has 0 saturated carbocycles. The highest BCUT2D eigenvalue weighted by Crippen LogP contribution is 2.33. The summed E-state index contributed by atoms with van der Waals surface area (Å²) in [5.41, 5.74) is 1.76. The normalized spacial score (nSPS) is 10.5. The summed E-state index contributed by atoms with van der Waals surface area (Å²) in [6.45, 7) is 0.794. The van der Waals surface area contributed by atoms with E-state index in [1.807, 2.05) is 18.5 Å². The van der Waals surface area contributed by atoms with Crippen molar-refractivity contribution >= 4 is 11.3 Å². The summed E-state index contributed by atoms with van der Waals surface area (Å²) < 4.78 is 19.0. The van der Waals surface area contributed by atoms with Crippen LogP contribution < -0.4 is 10.1 Å². The lowest BCUT2D eigenvalue weighted by Gasteiger charge is -2.05. The summed E-state index contributed by atoms with van der Waals surface area (Å²) in [5, 5.41) is 5.11. The summed E-state index contributed by atoms with van der Waals surface area (Å²) in [6.07, 6.45) is 0. The second-order valence-corrected chi connectivity index (χ2v) is 4.58. The lowest BCUT2D eigenvalue weighted by molar-refractivity contribution is 0.387. The van der Waals surface area contributed by atoms with Crippen molar-refractivity contribution in [2.45, 2.75) is 6.54 Å². The molecule has 17 heavy (non-hydrogen) atoms. The SMILES string of the molecule is CNCc1csc(-c2cccc(OC)c2F)c1. The van der Waals surface area contributed by atoms with Crippen LogP contribution in [0, 0.1) is 5.82 Å². The first kappa shape index (κ1) is 12.1. The molecule has 0 atom stereocenters. The summed E-state index contributed by atoms with van der Waals surface area (Å²) in [7, 11) is 3.37. The highest BCUT2D eigenvalue weighted by molar-refractivity contribution is 7.13. The molecule has 0 aliphatic heterocycles. The molecule has 2 aromatic rings. The fourth-order valence-electron chi connectivity index (χ4n) is 1.67. The largest absolute Gasteiger partial charge is 0.494 e. The number of halogens is 1. The Balaban J connectivity index is 2.38. The van der Waals surface area contributed by atoms with Gasteiger partial charge in [0.25, 0.3) is 0 Å². The number of rotatable bonds is 4. The van der Waals surface area contributed by atoms with Crippen LogP contribution in [-0.2, 0) is 6.54 Å². The quantitative estimate of drug-likeness (QED) is 0.900. The zero-order valence-electron chi connectivity index (χ0n) is 9.79. The Kier molecular flexibility index (Phi) is 3.76. The molecule has 0 radical (unpaired) electrons. The average molecular weight is 251 g/mol. The Morgan fingerprint density at radius 3 is 2.94 bits per heavy atom. The van der Waals surface area contributed by atoms with E-state index in [1.165, 1.54) is 7.11 Å². The molecule has 0 unspecified atom stereocenters. The van der Waals surface area contributed by atoms with Crippen LogP contribution in [0.25, 0.3) is 10.4 Å². The van der Waals surface area contributed by atoms with E-state index in [1.54, 1.807) is 29.5 Å². The second-order valence-electron chi connectivity index (χ2n) is 3.67. The Bertz CT molecular complexity index is 510. The molecule has 0 spiro atoms. The van der Waals surface area contributed by atoms with Gasteiger partial charge in [0.2, 0.25) is 0 Å². The number of ether oxygens (including phenoxy) is 1. The molecule has 1 N–H and O–H groups in total. The molecule has 0 fully saturated rings. The Labute approximate surface area is 104 Å². The molecule has 1 heterocycles. The standard InChI is InChI=1S/C13H14FNOS/c1-15-7-9-6-12(17-8-9)10-4-3-5-11(16-2)13(10)14/h3-6,8,15H,7H2,1-2H3. The molecule has 4 heteroatoms. The maximum absolute atomic E-state index is 14.0. The Morgan fingerprint density at radius 1 is 1.41 bits per heavy atom. The fourth-order valence-corrected chi connectivity index (χ4v) is 2.61. The minimum Gasteiger partial charge on any atom is -0.494 e. The number of benzene rings is 1. The van der Waals surface area contributed by atoms with Crippen molar-refractivity contribution < 1.29 is 9.13 Å². The van der Waals surface area contributed by atoms with Gasteiger partial charge in [0.15, 0.2) is 11.6 Å². The predicted octanol–water partition coefficient (Wildman–Crippen LogP) is 3.28. The lowest BCUT2D eigenvalue weighted by Crippen LogP contribution is -2.03. The molecule has 1 aromatic carbocycles. The van der Waals surface area contributed by atoms with E-state index >= 15 is 0 Å². The first-order valence-corrected chi connectivity index (χ1v) is 6.19. The zero-order valence-corrected chi connectivity index (χ0v) is 10.6. The minimum atomic E-state index is -0.298. The molecule has 2 rings (SSSR count). The Hall–Kier alpha value is -1.39. The van der Waals surface area contributed by atoms with Gasteiger partial charge in [-0.2, -0.15) is 0 Å². The fraction of sp³-hybridized carbons (Fsp3) is 0.231. The van der Waals surface area contributed by atoms with E-state index in [9.17, 15) is 4.39 Å². The summed E-state index contributed by atoms with van der Waals surface area (Å²) in [5.74, 6) is -0.0149. The van der Waals surface area contributed by atoms with Crippen LogP contribution >= 0.6 is 11.3 Å². The van der Waals surface area contributed by atoms with Gasteiger partial charge in [-0.25, -0.2) is 4.39 Å². The maximum Gasteiger partial charge on any atom is 0.173 e. The van der Waals surface area contributed by atoms with Gasteiger partial charge in [0.1, 0.15) is 0 Å². The number of nitrogens with one attached hydrogen (secondary N) is 1. The number of methoxy groups -OCH3 is 1. The zero-order chi connectivity index (χ0) is 12.3. The average Bonchev–Trinajstić information content (AvgIpc) is 2.78. The number of hydrogen-bond donors (Lipinski definition) is 1. The predicted molar refractivity (Wildman–Crippen MR) is 69.0 cm³/mol. The molecule has 2 nitrogen and oxygen atoms in total. The number of hydrogen-bond acceptors (Lipinski definition) is 3. The van der Waals surface area contributed by atoms with Gasteiger partial charge in [0.05, 0.1) is 7.11 Å².